The maximum Gasteiger partial charge on any atom is 0.253 e. The van der Waals surface area contributed by atoms with Gasteiger partial charge in [0.2, 0.25) is 0 Å². The highest BCUT2D eigenvalue weighted by molar-refractivity contribution is 6.30. The second-order valence-corrected chi connectivity index (χ2v) is 6.64. The lowest BCUT2D eigenvalue weighted by molar-refractivity contribution is 0.0785. The minimum Gasteiger partial charge on any atom is -0.337 e. The molecule has 3 aromatic rings. The Morgan fingerprint density at radius 2 is 2.08 bits per heavy atom. The summed E-state index contributed by atoms with van der Waals surface area (Å²) in [5.74, 6) is -0.0375. The highest BCUT2D eigenvalue weighted by Crippen LogP contribution is 2.21. The third kappa shape index (κ3) is 3.94. The summed E-state index contributed by atoms with van der Waals surface area (Å²) in [6, 6.07) is 11.1. The van der Waals surface area contributed by atoms with Crippen molar-refractivity contribution in [2.24, 2.45) is 0 Å². The Labute approximate surface area is 158 Å². The van der Waals surface area contributed by atoms with Crippen molar-refractivity contribution in [1.29, 1.82) is 0 Å². The van der Waals surface area contributed by atoms with Crippen molar-refractivity contribution in [3.63, 3.8) is 0 Å². The van der Waals surface area contributed by atoms with Gasteiger partial charge in [-0.1, -0.05) is 23.7 Å². The van der Waals surface area contributed by atoms with E-state index in [1.807, 2.05) is 55.1 Å². The van der Waals surface area contributed by atoms with Crippen LogP contribution in [0.1, 0.15) is 28.5 Å². The van der Waals surface area contributed by atoms with Crippen LogP contribution in [0.25, 0.3) is 11.3 Å². The SMILES string of the molecule is CCn1cc(CN(C)C(=O)c2cccc(-c3ccc(Cl)cn3)c2)c(C)n1. The average molecular weight is 369 g/mol. The number of carbonyl (C=O) groups is 1. The third-order valence-electron chi connectivity index (χ3n) is 4.26. The number of aryl methyl sites for hydroxylation is 2. The van der Waals surface area contributed by atoms with Crippen molar-refractivity contribution in [1.82, 2.24) is 19.7 Å². The van der Waals surface area contributed by atoms with Crippen LogP contribution in [-0.4, -0.2) is 32.6 Å². The van der Waals surface area contributed by atoms with E-state index in [1.165, 1.54) is 0 Å². The van der Waals surface area contributed by atoms with Crippen LogP contribution in [0, 0.1) is 6.92 Å². The lowest BCUT2D eigenvalue weighted by atomic mass is 10.1. The molecule has 5 nitrogen and oxygen atoms in total. The highest BCUT2D eigenvalue weighted by Gasteiger charge is 2.15. The number of amides is 1. The molecule has 0 bridgehead atoms. The molecule has 2 heterocycles. The molecular formula is C20H21ClN4O. The van der Waals surface area contributed by atoms with Crippen molar-refractivity contribution in [2.45, 2.75) is 26.9 Å². The van der Waals surface area contributed by atoms with Gasteiger partial charge >= 0.3 is 0 Å². The Morgan fingerprint density at radius 1 is 1.27 bits per heavy atom. The first-order valence-corrected chi connectivity index (χ1v) is 8.86. The summed E-state index contributed by atoms with van der Waals surface area (Å²) in [6.07, 6.45) is 3.60. The minimum atomic E-state index is -0.0375. The van der Waals surface area contributed by atoms with Crippen molar-refractivity contribution in [3.8, 4) is 11.3 Å². The Hall–Kier alpha value is -2.66. The zero-order chi connectivity index (χ0) is 18.7. The van der Waals surface area contributed by atoms with Gasteiger partial charge in [0.15, 0.2) is 0 Å². The van der Waals surface area contributed by atoms with E-state index in [0.717, 1.165) is 29.1 Å². The number of halogens is 1. The number of hydrogen-bond donors (Lipinski definition) is 0. The molecule has 0 saturated heterocycles. The second-order valence-electron chi connectivity index (χ2n) is 6.20. The van der Waals surface area contributed by atoms with Crippen molar-refractivity contribution >= 4 is 17.5 Å². The zero-order valence-corrected chi connectivity index (χ0v) is 15.9. The van der Waals surface area contributed by atoms with Gasteiger partial charge in [0.25, 0.3) is 5.91 Å². The normalized spacial score (nSPS) is 10.8. The summed E-state index contributed by atoms with van der Waals surface area (Å²) < 4.78 is 1.88. The smallest absolute Gasteiger partial charge is 0.253 e. The van der Waals surface area contributed by atoms with Crippen molar-refractivity contribution in [3.05, 3.63) is 70.6 Å². The van der Waals surface area contributed by atoms with Gasteiger partial charge in [-0.25, -0.2) is 0 Å². The Morgan fingerprint density at radius 3 is 2.73 bits per heavy atom. The molecule has 0 unspecified atom stereocenters. The number of benzene rings is 1. The molecule has 134 valence electrons. The topological polar surface area (TPSA) is 51.0 Å². The summed E-state index contributed by atoms with van der Waals surface area (Å²) in [5.41, 5.74) is 4.30. The molecular weight excluding hydrogens is 348 g/mol. The van der Waals surface area contributed by atoms with Crippen LogP contribution in [0.15, 0.2) is 48.8 Å². The van der Waals surface area contributed by atoms with Crippen LogP contribution in [0.2, 0.25) is 5.02 Å². The fourth-order valence-corrected chi connectivity index (χ4v) is 2.89. The van der Waals surface area contributed by atoms with E-state index < -0.39 is 0 Å². The monoisotopic (exact) mass is 368 g/mol. The molecule has 0 atom stereocenters. The molecule has 0 radical (unpaired) electrons. The van der Waals surface area contributed by atoms with Gasteiger partial charge in [-0.15, -0.1) is 0 Å². The summed E-state index contributed by atoms with van der Waals surface area (Å²) in [4.78, 5) is 18.9. The predicted molar refractivity (Wildman–Crippen MR) is 103 cm³/mol. The van der Waals surface area contributed by atoms with Crippen LogP contribution in [0.4, 0.5) is 0 Å². The minimum absolute atomic E-state index is 0.0375. The van der Waals surface area contributed by atoms with Crippen LogP contribution in [-0.2, 0) is 13.1 Å². The quantitative estimate of drug-likeness (QED) is 0.678. The number of carbonyl (C=O) groups excluding carboxylic acids is 1. The number of hydrogen-bond acceptors (Lipinski definition) is 3. The Bertz CT molecular complexity index is 918. The standard InChI is InChI=1S/C20H21ClN4O/c1-4-25-13-17(14(2)23-25)12-24(3)20(26)16-7-5-6-15(10-16)19-9-8-18(21)11-22-19/h5-11,13H,4,12H2,1-3H3. The van der Waals surface area contributed by atoms with Crippen molar-refractivity contribution < 1.29 is 4.79 Å². The first kappa shape index (κ1) is 18.1. The van der Waals surface area contributed by atoms with E-state index in [0.29, 0.717) is 17.1 Å². The summed E-state index contributed by atoms with van der Waals surface area (Å²) in [6.45, 7) is 5.34. The Kier molecular flexibility index (Phi) is 5.38. The van der Waals surface area contributed by atoms with Gasteiger partial charge in [-0.05, 0) is 38.1 Å². The molecule has 6 heteroatoms. The lowest BCUT2D eigenvalue weighted by Crippen LogP contribution is -2.26. The van der Waals surface area contributed by atoms with Crippen LogP contribution in [0.3, 0.4) is 0 Å². The first-order chi connectivity index (χ1) is 12.5. The molecule has 3 rings (SSSR count). The van der Waals surface area contributed by atoms with E-state index in [4.69, 9.17) is 11.6 Å². The van der Waals surface area contributed by atoms with Crippen molar-refractivity contribution in [2.75, 3.05) is 7.05 Å². The predicted octanol–water partition coefficient (Wildman–Crippen LogP) is 4.20. The third-order valence-corrected chi connectivity index (χ3v) is 4.48. The van der Waals surface area contributed by atoms with E-state index in [2.05, 4.69) is 10.1 Å². The lowest BCUT2D eigenvalue weighted by Gasteiger charge is -2.17. The molecule has 0 fully saturated rings. The van der Waals surface area contributed by atoms with Gasteiger partial charge in [-0.3, -0.25) is 14.5 Å². The molecule has 1 aromatic carbocycles. The van der Waals surface area contributed by atoms with Crippen LogP contribution < -0.4 is 0 Å². The van der Waals surface area contributed by atoms with Crippen LogP contribution >= 0.6 is 11.6 Å². The highest BCUT2D eigenvalue weighted by atomic mass is 35.5. The molecule has 0 aliphatic heterocycles. The molecule has 0 aliphatic carbocycles. The number of pyridine rings is 1. The maximum absolute atomic E-state index is 12.8. The maximum atomic E-state index is 12.8. The number of rotatable bonds is 5. The Balaban J connectivity index is 1.79. The fourth-order valence-electron chi connectivity index (χ4n) is 2.78. The molecule has 2 aromatic heterocycles. The zero-order valence-electron chi connectivity index (χ0n) is 15.1. The van der Waals surface area contributed by atoms with Crippen LogP contribution in [0.5, 0.6) is 0 Å². The molecule has 0 saturated carbocycles. The molecule has 0 spiro atoms. The fraction of sp³-hybridized carbons (Fsp3) is 0.250. The van der Waals surface area contributed by atoms with E-state index in [9.17, 15) is 4.79 Å². The summed E-state index contributed by atoms with van der Waals surface area (Å²) in [7, 11) is 1.80. The molecule has 0 N–H and O–H groups in total. The van der Waals surface area contributed by atoms with Gasteiger partial charge < -0.3 is 4.90 Å². The van der Waals surface area contributed by atoms with Gasteiger partial charge in [0.05, 0.1) is 16.4 Å². The average Bonchev–Trinajstić information content (AvgIpc) is 3.01. The number of aromatic nitrogens is 3. The van der Waals surface area contributed by atoms with E-state index in [-0.39, 0.29) is 5.91 Å². The van der Waals surface area contributed by atoms with E-state index in [1.54, 1.807) is 24.2 Å². The molecule has 0 aliphatic rings. The molecule has 26 heavy (non-hydrogen) atoms. The van der Waals surface area contributed by atoms with Gasteiger partial charge in [-0.2, -0.15) is 5.10 Å². The van der Waals surface area contributed by atoms with Gasteiger partial charge in [0, 0.05) is 49.2 Å². The largest absolute Gasteiger partial charge is 0.337 e. The number of nitrogens with zero attached hydrogens (tertiary/aromatic N) is 4. The summed E-state index contributed by atoms with van der Waals surface area (Å²) in [5, 5.41) is 5.02. The molecule has 1 amide bonds. The second kappa shape index (κ2) is 7.70. The van der Waals surface area contributed by atoms with E-state index >= 15 is 0 Å². The van der Waals surface area contributed by atoms with Gasteiger partial charge in [0.1, 0.15) is 0 Å². The first-order valence-electron chi connectivity index (χ1n) is 8.48. The summed E-state index contributed by atoms with van der Waals surface area (Å²) >= 11 is 5.89.